The molecule has 2 nitrogen and oxygen atoms in total. The zero-order chi connectivity index (χ0) is 9.80. The van der Waals surface area contributed by atoms with Crippen molar-refractivity contribution < 1.29 is 9.84 Å². The molecule has 1 saturated heterocycles. The molecule has 3 heteroatoms. The highest BCUT2D eigenvalue weighted by Crippen LogP contribution is 2.28. The summed E-state index contributed by atoms with van der Waals surface area (Å²) in [6.45, 7) is 0. The van der Waals surface area contributed by atoms with E-state index in [1.165, 1.54) is 18.6 Å². The lowest BCUT2D eigenvalue weighted by molar-refractivity contribution is 0.268. The highest BCUT2D eigenvalue weighted by Gasteiger charge is 2.14. The summed E-state index contributed by atoms with van der Waals surface area (Å²) >= 11 is 1.88. The van der Waals surface area contributed by atoms with Crippen molar-refractivity contribution in [2.45, 2.75) is 24.7 Å². The average molecular weight is 210 g/mol. The minimum Gasteiger partial charge on any atom is -0.508 e. The molecule has 0 spiro atoms. The number of aromatic hydroxyl groups is 1. The molecule has 1 aliphatic heterocycles. The number of benzene rings is 1. The van der Waals surface area contributed by atoms with Crippen LogP contribution < -0.4 is 4.74 Å². The van der Waals surface area contributed by atoms with E-state index in [1.54, 1.807) is 12.1 Å². The van der Waals surface area contributed by atoms with Crippen molar-refractivity contribution in [2.24, 2.45) is 0 Å². The number of hydrogen-bond donors (Lipinski definition) is 1. The Morgan fingerprint density at radius 1 is 1.21 bits per heavy atom. The smallest absolute Gasteiger partial charge is 0.144 e. The van der Waals surface area contributed by atoms with Gasteiger partial charge in [-0.15, -0.1) is 11.8 Å². The Labute approximate surface area is 88.3 Å². The van der Waals surface area contributed by atoms with E-state index in [2.05, 4.69) is 0 Å². The van der Waals surface area contributed by atoms with Crippen molar-refractivity contribution in [1.29, 1.82) is 0 Å². The fraction of sp³-hybridized carbons (Fsp3) is 0.455. The van der Waals surface area contributed by atoms with Crippen LogP contribution in [-0.4, -0.2) is 16.3 Å². The van der Waals surface area contributed by atoms with E-state index in [4.69, 9.17) is 9.84 Å². The van der Waals surface area contributed by atoms with Gasteiger partial charge < -0.3 is 9.84 Å². The number of hydrogen-bond acceptors (Lipinski definition) is 3. The van der Waals surface area contributed by atoms with Crippen molar-refractivity contribution >= 4 is 11.8 Å². The lowest BCUT2D eigenvalue weighted by Gasteiger charge is -2.22. The van der Waals surface area contributed by atoms with E-state index in [-0.39, 0.29) is 5.75 Å². The predicted molar refractivity (Wildman–Crippen MR) is 58.8 cm³/mol. The summed E-state index contributed by atoms with van der Waals surface area (Å²) in [5, 5.41) is 9.10. The number of phenolic OH excluding ortho intramolecular Hbond substituents is 1. The van der Waals surface area contributed by atoms with E-state index >= 15 is 0 Å². The van der Waals surface area contributed by atoms with Crippen molar-refractivity contribution in [1.82, 2.24) is 0 Å². The van der Waals surface area contributed by atoms with Crippen LogP contribution in [0.3, 0.4) is 0 Å². The molecule has 1 heterocycles. The molecule has 0 aliphatic carbocycles. The lowest BCUT2D eigenvalue weighted by atomic mass is 10.2. The number of ether oxygens (including phenoxy) is 1. The lowest BCUT2D eigenvalue weighted by Crippen LogP contribution is -2.16. The van der Waals surface area contributed by atoms with Crippen LogP contribution in [0.1, 0.15) is 19.3 Å². The maximum Gasteiger partial charge on any atom is 0.144 e. The molecule has 0 aromatic heterocycles. The molecule has 1 atom stereocenters. The molecule has 76 valence electrons. The van der Waals surface area contributed by atoms with Crippen molar-refractivity contribution in [3.05, 3.63) is 24.3 Å². The number of thioether (sulfide) groups is 1. The summed E-state index contributed by atoms with van der Waals surface area (Å²) in [5.74, 6) is 2.33. The fourth-order valence-electron chi connectivity index (χ4n) is 1.48. The highest BCUT2D eigenvalue weighted by atomic mass is 32.2. The zero-order valence-electron chi connectivity index (χ0n) is 7.98. The van der Waals surface area contributed by atoms with Gasteiger partial charge in [0.1, 0.15) is 16.9 Å². The van der Waals surface area contributed by atoms with Crippen LogP contribution in [-0.2, 0) is 0 Å². The molecule has 2 rings (SSSR count). The first-order valence-electron chi connectivity index (χ1n) is 4.92. The van der Waals surface area contributed by atoms with Gasteiger partial charge in [-0.3, -0.25) is 0 Å². The van der Waals surface area contributed by atoms with Gasteiger partial charge in [-0.05, 0) is 49.3 Å². The SMILES string of the molecule is Oc1ccc(O[C@@H]2CCCCS2)cc1. The van der Waals surface area contributed by atoms with Gasteiger partial charge in [0.25, 0.3) is 0 Å². The standard InChI is InChI=1S/C11H14O2S/c12-9-4-6-10(7-5-9)13-11-3-1-2-8-14-11/h4-7,11-12H,1-3,8H2/t11-/m0/s1. The van der Waals surface area contributed by atoms with Crippen LogP contribution in [0.2, 0.25) is 0 Å². The number of rotatable bonds is 2. The van der Waals surface area contributed by atoms with Crippen LogP contribution in [0.5, 0.6) is 11.5 Å². The second-order valence-electron chi connectivity index (χ2n) is 3.41. The van der Waals surface area contributed by atoms with Gasteiger partial charge in [-0.1, -0.05) is 0 Å². The molecule has 1 aliphatic rings. The first kappa shape index (κ1) is 9.71. The van der Waals surface area contributed by atoms with Gasteiger partial charge in [-0.2, -0.15) is 0 Å². The largest absolute Gasteiger partial charge is 0.508 e. The van der Waals surface area contributed by atoms with Gasteiger partial charge in [0.2, 0.25) is 0 Å². The van der Waals surface area contributed by atoms with E-state index < -0.39 is 0 Å². The van der Waals surface area contributed by atoms with Crippen LogP contribution in [0.15, 0.2) is 24.3 Å². The predicted octanol–water partition coefficient (Wildman–Crippen LogP) is 3.01. The Morgan fingerprint density at radius 2 is 2.00 bits per heavy atom. The van der Waals surface area contributed by atoms with Crippen molar-refractivity contribution in [3.8, 4) is 11.5 Å². The number of phenols is 1. The average Bonchev–Trinajstić information content (AvgIpc) is 2.23. The van der Waals surface area contributed by atoms with Gasteiger partial charge in [-0.25, -0.2) is 0 Å². The summed E-state index contributed by atoms with van der Waals surface area (Å²) < 4.78 is 5.76. The Balaban J connectivity index is 1.92. The molecule has 0 amide bonds. The third-order valence-corrected chi connectivity index (χ3v) is 3.47. The molecular weight excluding hydrogens is 196 g/mol. The fourth-order valence-corrected chi connectivity index (χ4v) is 2.63. The molecule has 0 unspecified atom stereocenters. The topological polar surface area (TPSA) is 29.5 Å². The van der Waals surface area contributed by atoms with Crippen LogP contribution in [0, 0.1) is 0 Å². The molecule has 0 saturated carbocycles. The molecule has 1 aromatic rings. The molecule has 0 radical (unpaired) electrons. The van der Waals surface area contributed by atoms with Crippen molar-refractivity contribution in [2.75, 3.05) is 5.75 Å². The third kappa shape index (κ3) is 2.58. The van der Waals surface area contributed by atoms with Crippen molar-refractivity contribution in [3.63, 3.8) is 0 Å². The molecule has 14 heavy (non-hydrogen) atoms. The summed E-state index contributed by atoms with van der Waals surface area (Å²) in [6.07, 6.45) is 3.70. The molecular formula is C11H14O2S. The summed E-state index contributed by atoms with van der Waals surface area (Å²) in [6, 6.07) is 6.93. The summed E-state index contributed by atoms with van der Waals surface area (Å²) in [5.41, 5.74) is 0.299. The first-order valence-corrected chi connectivity index (χ1v) is 5.97. The van der Waals surface area contributed by atoms with E-state index in [1.807, 2.05) is 23.9 Å². The Bertz CT molecular complexity index is 278. The van der Waals surface area contributed by atoms with E-state index in [0.717, 1.165) is 12.2 Å². The van der Waals surface area contributed by atoms with Gasteiger partial charge in [0, 0.05) is 0 Å². The second kappa shape index (κ2) is 4.60. The minimum absolute atomic E-state index is 0.286. The second-order valence-corrected chi connectivity index (χ2v) is 4.68. The quantitative estimate of drug-likeness (QED) is 0.813. The molecule has 1 fully saturated rings. The van der Waals surface area contributed by atoms with Gasteiger partial charge >= 0.3 is 0 Å². The van der Waals surface area contributed by atoms with Gasteiger partial charge in [0.15, 0.2) is 0 Å². The van der Waals surface area contributed by atoms with Crippen LogP contribution in [0.25, 0.3) is 0 Å². The monoisotopic (exact) mass is 210 g/mol. The molecule has 1 N–H and O–H groups in total. The normalized spacial score (nSPS) is 21.9. The maximum absolute atomic E-state index is 9.10. The molecule has 0 bridgehead atoms. The minimum atomic E-state index is 0.286. The Hall–Kier alpha value is -0.830. The van der Waals surface area contributed by atoms with Crippen LogP contribution in [0.4, 0.5) is 0 Å². The Kier molecular flexibility index (Phi) is 3.19. The summed E-state index contributed by atoms with van der Waals surface area (Å²) in [4.78, 5) is 0. The summed E-state index contributed by atoms with van der Waals surface area (Å²) in [7, 11) is 0. The molecule has 1 aromatic carbocycles. The third-order valence-electron chi connectivity index (χ3n) is 2.24. The van der Waals surface area contributed by atoms with E-state index in [9.17, 15) is 0 Å². The van der Waals surface area contributed by atoms with E-state index in [0.29, 0.717) is 5.44 Å². The maximum atomic E-state index is 9.10. The van der Waals surface area contributed by atoms with Gasteiger partial charge in [0.05, 0.1) is 0 Å². The zero-order valence-corrected chi connectivity index (χ0v) is 8.80. The Morgan fingerprint density at radius 3 is 2.64 bits per heavy atom. The first-order chi connectivity index (χ1) is 6.84. The van der Waals surface area contributed by atoms with Crippen LogP contribution >= 0.6 is 11.8 Å². The highest BCUT2D eigenvalue weighted by molar-refractivity contribution is 7.99.